The number of hydrogen-bond acceptors (Lipinski definition) is 0. The molecule has 81 valence electrons. The van der Waals surface area contributed by atoms with Gasteiger partial charge >= 0.3 is 0 Å². The zero-order valence-electron chi connectivity index (χ0n) is 9.24. The van der Waals surface area contributed by atoms with Gasteiger partial charge in [0.25, 0.3) is 7.42 Å². The Morgan fingerprint density at radius 2 is 1.93 bits per heavy atom. The van der Waals surface area contributed by atoms with Crippen LogP contribution in [0.1, 0.15) is 40.0 Å². The normalized spacial score (nSPS) is 45.0. The first-order chi connectivity index (χ1) is 6.40. The molecule has 2 bridgehead atoms. The van der Waals surface area contributed by atoms with Gasteiger partial charge in [-0.15, -0.1) is 22.2 Å². The summed E-state index contributed by atoms with van der Waals surface area (Å²) >= 11 is 12.2. The van der Waals surface area contributed by atoms with Crippen molar-refractivity contribution < 1.29 is 0 Å². The van der Waals surface area contributed by atoms with Crippen molar-refractivity contribution in [2.24, 2.45) is 22.7 Å². The third kappa shape index (κ3) is 1.32. The fourth-order valence-corrected chi connectivity index (χ4v) is 6.83. The molecule has 0 heterocycles. The molecule has 14 heavy (non-hydrogen) atoms. The monoisotopic (exact) mass is 249 g/mol. The highest BCUT2D eigenvalue weighted by atomic mass is 35.7. The number of halogens is 2. The molecular formula is C11H19Cl2Si. The molecule has 3 fully saturated rings. The van der Waals surface area contributed by atoms with Crippen LogP contribution in [-0.2, 0) is 0 Å². The molecule has 3 atom stereocenters. The maximum absolute atomic E-state index is 6.09. The summed E-state index contributed by atoms with van der Waals surface area (Å²) < 4.78 is 0. The van der Waals surface area contributed by atoms with Gasteiger partial charge in [0.15, 0.2) is 0 Å². The van der Waals surface area contributed by atoms with Gasteiger partial charge in [-0.2, -0.15) is 0 Å². The van der Waals surface area contributed by atoms with Crippen LogP contribution in [-0.4, -0.2) is 7.42 Å². The van der Waals surface area contributed by atoms with Crippen LogP contribution in [0.5, 0.6) is 0 Å². The minimum Gasteiger partial charge on any atom is -0.147 e. The lowest BCUT2D eigenvalue weighted by atomic mass is 9.37. The summed E-state index contributed by atoms with van der Waals surface area (Å²) in [5.41, 5.74) is 0.970. The minimum atomic E-state index is -1.11. The van der Waals surface area contributed by atoms with Crippen LogP contribution in [0, 0.1) is 22.7 Å². The van der Waals surface area contributed by atoms with Crippen LogP contribution in [0.25, 0.3) is 0 Å². The van der Waals surface area contributed by atoms with Crippen LogP contribution in [0.3, 0.4) is 0 Å². The average molecular weight is 250 g/mol. The van der Waals surface area contributed by atoms with E-state index in [0.29, 0.717) is 10.8 Å². The second kappa shape index (κ2) is 3.40. The SMILES string of the molecule is CC1CCC2CC1(C[Si](Cl)Cl)C2(C)C. The first-order valence-corrected chi connectivity index (χ1v) is 9.30. The molecule has 3 heteroatoms. The van der Waals surface area contributed by atoms with E-state index >= 15 is 0 Å². The molecule has 3 saturated carbocycles. The largest absolute Gasteiger partial charge is 0.274 e. The fraction of sp³-hybridized carbons (Fsp3) is 1.00. The molecule has 0 aliphatic heterocycles. The molecule has 3 rings (SSSR count). The summed E-state index contributed by atoms with van der Waals surface area (Å²) in [4.78, 5) is 0. The van der Waals surface area contributed by atoms with Gasteiger partial charge in [0.05, 0.1) is 0 Å². The Morgan fingerprint density at radius 1 is 1.29 bits per heavy atom. The minimum absolute atomic E-state index is 0.480. The molecule has 0 nitrogen and oxygen atoms in total. The summed E-state index contributed by atoms with van der Waals surface area (Å²) in [6, 6.07) is 1.09. The maximum atomic E-state index is 6.09. The standard InChI is InChI=1S/C11H19Cl2Si/c1-8-4-5-9-6-11(8,7-14(12)13)10(9,2)3/h8-9H,4-7H2,1-3H3. The predicted octanol–water partition coefficient (Wildman–Crippen LogP) is 4.41. The van der Waals surface area contributed by atoms with Crippen molar-refractivity contribution in [3.05, 3.63) is 0 Å². The highest BCUT2D eigenvalue weighted by Crippen LogP contribution is 2.71. The van der Waals surface area contributed by atoms with Crippen LogP contribution >= 0.6 is 22.2 Å². The van der Waals surface area contributed by atoms with E-state index in [1.165, 1.54) is 19.3 Å². The van der Waals surface area contributed by atoms with E-state index in [4.69, 9.17) is 22.2 Å². The van der Waals surface area contributed by atoms with E-state index in [2.05, 4.69) is 20.8 Å². The second-order valence-electron chi connectivity index (χ2n) is 5.77. The lowest BCUT2D eigenvalue weighted by Crippen LogP contribution is -2.61. The molecule has 0 N–H and O–H groups in total. The first-order valence-electron chi connectivity index (χ1n) is 5.57. The summed E-state index contributed by atoms with van der Waals surface area (Å²) in [5, 5.41) is 0. The third-order valence-corrected chi connectivity index (χ3v) is 6.96. The topological polar surface area (TPSA) is 0 Å². The highest BCUT2D eigenvalue weighted by molar-refractivity contribution is 7.33. The molecule has 0 amide bonds. The molecule has 3 unspecified atom stereocenters. The Bertz CT molecular complexity index is 239. The molecule has 0 spiro atoms. The highest BCUT2D eigenvalue weighted by Gasteiger charge is 2.64. The molecular weight excluding hydrogens is 231 g/mol. The lowest BCUT2D eigenvalue weighted by Gasteiger charge is -2.69. The van der Waals surface area contributed by atoms with Crippen LogP contribution < -0.4 is 0 Å². The zero-order chi connectivity index (χ0) is 10.6. The van der Waals surface area contributed by atoms with E-state index < -0.39 is 7.42 Å². The predicted molar refractivity (Wildman–Crippen MR) is 65.0 cm³/mol. The van der Waals surface area contributed by atoms with Crippen molar-refractivity contribution in [3.63, 3.8) is 0 Å². The average Bonchev–Trinajstić information content (AvgIpc) is 2.07. The number of rotatable bonds is 2. The molecule has 3 aliphatic carbocycles. The molecule has 0 aromatic rings. The number of fused-ring (bicyclic) bond motifs is 2. The van der Waals surface area contributed by atoms with Crippen molar-refractivity contribution in [2.45, 2.75) is 46.1 Å². The van der Waals surface area contributed by atoms with E-state index in [9.17, 15) is 0 Å². The Labute approximate surface area is 98.4 Å². The first kappa shape index (κ1) is 11.3. The summed E-state index contributed by atoms with van der Waals surface area (Å²) in [7, 11) is -1.11. The Kier molecular flexibility index (Phi) is 2.74. The quantitative estimate of drug-likeness (QED) is 0.503. The molecule has 0 aromatic heterocycles. The van der Waals surface area contributed by atoms with Crippen molar-refractivity contribution in [1.82, 2.24) is 0 Å². The van der Waals surface area contributed by atoms with E-state index in [1.807, 2.05) is 0 Å². The Hall–Kier alpha value is 0.797. The second-order valence-corrected chi connectivity index (χ2v) is 10.1. The zero-order valence-corrected chi connectivity index (χ0v) is 11.8. The van der Waals surface area contributed by atoms with Crippen molar-refractivity contribution in [2.75, 3.05) is 0 Å². The van der Waals surface area contributed by atoms with Crippen LogP contribution in [0.2, 0.25) is 6.04 Å². The van der Waals surface area contributed by atoms with E-state index in [-0.39, 0.29) is 0 Å². The molecule has 1 radical (unpaired) electrons. The van der Waals surface area contributed by atoms with Gasteiger partial charge in [-0.25, -0.2) is 0 Å². The number of hydrogen-bond donors (Lipinski definition) is 0. The summed E-state index contributed by atoms with van der Waals surface area (Å²) in [6.07, 6.45) is 4.19. The van der Waals surface area contributed by atoms with Crippen molar-refractivity contribution in [3.8, 4) is 0 Å². The smallest absolute Gasteiger partial charge is 0.147 e. The van der Waals surface area contributed by atoms with E-state index in [1.54, 1.807) is 0 Å². The van der Waals surface area contributed by atoms with Gasteiger partial charge in [0.2, 0.25) is 0 Å². The lowest BCUT2D eigenvalue weighted by molar-refractivity contribution is -0.181. The molecule has 0 saturated heterocycles. The van der Waals surface area contributed by atoms with Gasteiger partial charge in [-0.05, 0) is 48.0 Å². The molecule has 3 aliphatic rings. The van der Waals surface area contributed by atoms with Crippen LogP contribution in [0.4, 0.5) is 0 Å². The maximum Gasteiger partial charge on any atom is 0.274 e. The third-order valence-electron chi connectivity index (χ3n) is 5.26. The van der Waals surface area contributed by atoms with Gasteiger partial charge < -0.3 is 0 Å². The molecule has 0 aromatic carbocycles. The van der Waals surface area contributed by atoms with Gasteiger partial charge in [-0.3, -0.25) is 0 Å². The Balaban J connectivity index is 2.22. The van der Waals surface area contributed by atoms with Crippen LogP contribution in [0.15, 0.2) is 0 Å². The van der Waals surface area contributed by atoms with Gasteiger partial charge in [0.1, 0.15) is 0 Å². The fourth-order valence-electron chi connectivity index (χ4n) is 3.97. The summed E-state index contributed by atoms with van der Waals surface area (Å²) in [5.74, 6) is 1.76. The van der Waals surface area contributed by atoms with Gasteiger partial charge in [0, 0.05) is 0 Å². The Morgan fingerprint density at radius 3 is 2.36 bits per heavy atom. The summed E-state index contributed by atoms with van der Waals surface area (Å²) in [6.45, 7) is 7.25. The van der Waals surface area contributed by atoms with Crippen molar-refractivity contribution in [1.29, 1.82) is 0 Å². The van der Waals surface area contributed by atoms with Gasteiger partial charge in [-0.1, -0.05) is 20.8 Å². The van der Waals surface area contributed by atoms with Crippen molar-refractivity contribution >= 4 is 29.6 Å². The van der Waals surface area contributed by atoms with E-state index in [0.717, 1.165) is 17.9 Å².